The number of carboxylic acids is 1. The first-order valence-corrected chi connectivity index (χ1v) is 35.2. The highest BCUT2D eigenvalue weighted by molar-refractivity contribution is 5.79. The quantitative estimate of drug-likeness (QED) is 0.0419. The summed E-state index contributed by atoms with van der Waals surface area (Å²) in [7, 11) is 0. The van der Waals surface area contributed by atoms with Crippen LogP contribution in [0.3, 0.4) is 0 Å². The van der Waals surface area contributed by atoms with Gasteiger partial charge in [-0.15, -0.1) is 0 Å². The molecule has 7 saturated heterocycles. The average molecular weight is 1440 g/mol. The second-order valence-corrected chi connectivity index (χ2v) is 32.5. The Kier molecular flexibility index (Phi) is 22.3. The lowest BCUT2D eigenvalue weighted by Gasteiger charge is -2.71. The van der Waals surface area contributed by atoms with Crippen LogP contribution in [0.25, 0.3) is 0 Å². The maximum Gasteiger partial charge on any atom is 0.335 e. The second-order valence-electron chi connectivity index (χ2n) is 32.5. The summed E-state index contributed by atoms with van der Waals surface area (Å²) in [6, 6.07) is 0. The van der Waals surface area contributed by atoms with Crippen molar-refractivity contribution in [1.29, 1.82) is 0 Å². The van der Waals surface area contributed by atoms with Crippen molar-refractivity contribution in [3.05, 3.63) is 11.6 Å². The van der Waals surface area contributed by atoms with Crippen LogP contribution in [0.1, 0.15) is 120 Å². The van der Waals surface area contributed by atoms with Crippen LogP contribution in [0.5, 0.6) is 0 Å². The van der Waals surface area contributed by atoms with Gasteiger partial charge in [-0.1, -0.05) is 60.1 Å². The van der Waals surface area contributed by atoms with Gasteiger partial charge in [-0.25, -0.2) is 4.79 Å². The number of carboxylic acid groups (broad SMARTS) is 1. The first-order chi connectivity index (χ1) is 46.9. The van der Waals surface area contributed by atoms with E-state index in [1.165, 1.54) is 6.92 Å². The highest BCUT2D eigenvalue weighted by Crippen LogP contribution is 2.76. The average Bonchev–Trinajstić information content (AvgIpc) is 0.675. The molecule has 0 bridgehead atoms. The highest BCUT2D eigenvalue weighted by atomic mass is 16.8. The van der Waals surface area contributed by atoms with Gasteiger partial charge in [0, 0.05) is 0 Å². The van der Waals surface area contributed by atoms with Crippen LogP contribution in [0, 0.1) is 50.2 Å². The fraction of sp³-hybridized carbons (Fsp3) is 0.940. The minimum absolute atomic E-state index is 0.0256. The van der Waals surface area contributed by atoms with Crippen molar-refractivity contribution in [2.24, 2.45) is 50.2 Å². The summed E-state index contributed by atoms with van der Waals surface area (Å²) in [5, 5.41) is 185. The number of aliphatic carboxylic acids is 1. The van der Waals surface area contributed by atoms with Crippen molar-refractivity contribution in [1.82, 2.24) is 0 Å². The van der Waals surface area contributed by atoms with E-state index in [-0.39, 0.29) is 34.0 Å². The monoisotopic (exact) mass is 1440 g/mol. The number of aliphatic hydroxyl groups excluding tert-OH is 16. The molecule has 0 aromatic rings. The number of ether oxygens (including phenoxy) is 14. The van der Waals surface area contributed by atoms with Gasteiger partial charge in [0.05, 0.1) is 50.7 Å². The molecule has 12 aliphatic rings. The van der Waals surface area contributed by atoms with Crippen molar-refractivity contribution < 1.29 is 163 Å². The topological polar surface area (TPSA) is 507 Å². The maximum atomic E-state index is 15.7. The molecule has 11 fully saturated rings. The summed E-state index contributed by atoms with van der Waals surface area (Å²) in [6.07, 6.45) is -43.9. The summed E-state index contributed by atoms with van der Waals surface area (Å²) in [5.74, 6) is -2.37. The van der Waals surface area contributed by atoms with Crippen LogP contribution in [0.4, 0.5) is 0 Å². The number of aliphatic hydroxyl groups is 16. The molecule has 7 aliphatic heterocycles. The number of esters is 1. The SMILES string of the molecule is CC1OC(OC2C(OC(=O)C34CCC(C)(C)CC3C3=CCC5C6(C)CCC(OC7OC(C(=O)O)C(O)C(OC8OCC(O)C(O)C8O)C7O)C(C)(C)C6CCC5(C)C3(C)CC4)OCC(O)C2O)C(O)C(OC2OCC(O)C(O)C2O)C1OC1OCC(O)C(OC2OCC(O)C(O)C2O)C1O. The summed E-state index contributed by atoms with van der Waals surface area (Å²) in [5.41, 5.74) is -1.85. The summed E-state index contributed by atoms with van der Waals surface area (Å²) < 4.78 is 83.5. The molecule has 38 atom stereocenters. The Morgan fingerprint density at radius 2 is 0.910 bits per heavy atom. The van der Waals surface area contributed by atoms with Gasteiger partial charge in [-0.05, 0) is 116 Å². The van der Waals surface area contributed by atoms with Gasteiger partial charge < -0.3 is 153 Å². The molecule has 0 radical (unpaired) electrons. The number of hydrogen-bond acceptors (Lipinski definition) is 32. The minimum Gasteiger partial charge on any atom is -0.479 e. The van der Waals surface area contributed by atoms with Crippen LogP contribution < -0.4 is 0 Å². The van der Waals surface area contributed by atoms with Crippen molar-refractivity contribution in [2.75, 3.05) is 33.0 Å². The molecule has 7 heterocycles. The molecule has 0 aromatic carbocycles. The first kappa shape index (κ1) is 77.1. The van der Waals surface area contributed by atoms with Gasteiger partial charge in [-0.3, -0.25) is 4.79 Å². The minimum atomic E-state index is -2.05. The number of carbonyl (C=O) groups is 2. The van der Waals surface area contributed by atoms with E-state index in [9.17, 15) is 91.6 Å². The largest absolute Gasteiger partial charge is 0.479 e. The number of allylic oxidation sites excluding steroid dienone is 2. The lowest BCUT2D eigenvalue weighted by Crippen LogP contribution is -2.67. The molecule has 5 aliphatic carbocycles. The van der Waals surface area contributed by atoms with Crippen molar-refractivity contribution in [2.45, 2.75) is 310 Å². The van der Waals surface area contributed by atoms with Gasteiger partial charge in [0.25, 0.3) is 0 Å². The van der Waals surface area contributed by atoms with Gasteiger partial charge in [0.1, 0.15) is 122 Å². The molecule has 33 heteroatoms. The Morgan fingerprint density at radius 1 is 0.440 bits per heavy atom. The molecule has 12 rings (SSSR count). The van der Waals surface area contributed by atoms with Gasteiger partial charge >= 0.3 is 11.9 Å². The van der Waals surface area contributed by atoms with E-state index in [0.717, 1.165) is 18.4 Å². The Bertz CT molecular complexity index is 2890. The van der Waals surface area contributed by atoms with Gasteiger partial charge in [0.2, 0.25) is 6.29 Å². The fourth-order valence-corrected chi connectivity index (χ4v) is 19.5. The molecular weight excluding hydrogens is 1330 g/mol. The fourth-order valence-electron chi connectivity index (χ4n) is 19.5. The van der Waals surface area contributed by atoms with Gasteiger partial charge in [-0.2, -0.15) is 0 Å². The predicted octanol–water partition coefficient (Wildman–Crippen LogP) is -4.25. The van der Waals surface area contributed by atoms with Crippen LogP contribution >= 0.6 is 0 Å². The first-order valence-electron chi connectivity index (χ1n) is 35.2. The molecular formula is C67H106O33. The van der Waals surface area contributed by atoms with E-state index >= 15 is 4.79 Å². The summed E-state index contributed by atoms with van der Waals surface area (Å²) in [6.45, 7) is 14.5. The van der Waals surface area contributed by atoms with Crippen LogP contribution in [0.15, 0.2) is 11.6 Å². The molecule has 0 aromatic heterocycles. The summed E-state index contributed by atoms with van der Waals surface area (Å²) in [4.78, 5) is 28.3. The normalized spacial score (nSPS) is 54.1. The molecule has 33 nitrogen and oxygen atoms in total. The third-order valence-electron chi connectivity index (χ3n) is 25.7. The second kappa shape index (κ2) is 28.9. The third kappa shape index (κ3) is 13.5. The van der Waals surface area contributed by atoms with Crippen LogP contribution in [-0.2, 0) is 75.9 Å². The number of carbonyl (C=O) groups excluding carboxylic acids is 1. The summed E-state index contributed by atoms with van der Waals surface area (Å²) >= 11 is 0. The van der Waals surface area contributed by atoms with E-state index in [1.807, 2.05) is 0 Å². The molecule has 17 N–H and O–H groups in total. The van der Waals surface area contributed by atoms with Crippen LogP contribution in [-0.4, -0.2) is 322 Å². The van der Waals surface area contributed by atoms with E-state index in [2.05, 4.69) is 54.5 Å². The van der Waals surface area contributed by atoms with E-state index in [0.29, 0.717) is 51.4 Å². The molecule has 0 amide bonds. The Morgan fingerprint density at radius 3 is 1.49 bits per heavy atom. The molecule has 100 heavy (non-hydrogen) atoms. The zero-order valence-corrected chi connectivity index (χ0v) is 57.4. The molecule has 0 spiro atoms. The van der Waals surface area contributed by atoms with Gasteiger partial charge in [0.15, 0.2) is 49.9 Å². The standard InChI is InChI=1S/C67H106O33/c1-25-47(94-57-44(81)48(32(72)24-90-57)95-54-40(77)36(73)28(68)20-87-54)50(97-56-42(79)38(75)30(70)22-89-56)46(83)58(92-25)99-52-39(76)31(71)23-91-60(52)100-61(86)67-17-15-62(2,3)19-27(67)26-9-10-34-64(6)13-12-35(63(4,5)33(64)11-14-66(34,8)65(26,7)16-18-67)93-59-45(82)49(43(80)51(98-59)53(84)85)96-55-41(78)37(74)29(69)21-88-55/h9,25,27-52,54-60,68-83H,10-24H2,1-8H3,(H,84,85). The highest BCUT2D eigenvalue weighted by Gasteiger charge is 2.71. The third-order valence-corrected chi connectivity index (χ3v) is 25.7. The number of fused-ring (bicyclic) bond motifs is 7. The zero-order chi connectivity index (χ0) is 72.6. The Hall–Kier alpha value is -2.48. The molecule has 572 valence electrons. The Labute approximate surface area is 577 Å². The van der Waals surface area contributed by atoms with E-state index in [1.54, 1.807) is 0 Å². The van der Waals surface area contributed by atoms with Crippen molar-refractivity contribution >= 4 is 11.9 Å². The smallest absolute Gasteiger partial charge is 0.335 e. The van der Waals surface area contributed by atoms with E-state index in [4.69, 9.17) is 66.3 Å². The zero-order valence-electron chi connectivity index (χ0n) is 57.4. The van der Waals surface area contributed by atoms with Crippen molar-refractivity contribution in [3.63, 3.8) is 0 Å². The van der Waals surface area contributed by atoms with E-state index < -0.39 is 252 Å². The van der Waals surface area contributed by atoms with Crippen molar-refractivity contribution in [3.8, 4) is 0 Å². The molecule has 4 saturated carbocycles. The predicted molar refractivity (Wildman–Crippen MR) is 330 cm³/mol. The Balaban J connectivity index is 0.760. The number of hydrogen-bond donors (Lipinski definition) is 17. The lowest BCUT2D eigenvalue weighted by atomic mass is 9.33. The maximum absolute atomic E-state index is 15.7. The lowest BCUT2D eigenvalue weighted by molar-refractivity contribution is -0.392. The van der Waals surface area contributed by atoms with Crippen LogP contribution in [0.2, 0.25) is 0 Å². The molecule has 38 unspecified atom stereocenters. The number of rotatable bonds is 15.